The van der Waals surface area contributed by atoms with Crippen LogP contribution >= 0.6 is 22.7 Å². The molecule has 1 aliphatic rings. The van der Waals surface area contributed by atoms with Crippen LogP contribution in [0.3, 0.4) is 0 Å². The average molecular weight is 1310 g/mol. The summed E-state index contributed by atoms with van der Waals surface area (Å²) in [7, 11) is 0. The third kappa shape index (κ3) is 7.42. The Kier molecular flexibility index (Phi) is 11.5. The zero-order valence-corrected chi connectivity index (χ0v) is 55.3. The molecule has 8 heteroatoms. The molecule has 0 fully saturated rings. The first-order valence-corrected chi connectivity index (χ1v) is 35.7. The zero-order chi connectivity index (χ0) is 65.6. The highest BCUT2D eigenvalue weighted by Gasteiger charge is 2.38. The summed E-state index contributed by atoms with van der Waals surface area (Å²) in [4.78, 5) is 0. The third-order valence-electron chi connectivity index (χ3n) is 21.7. The summed E-state index contributed by atoms with van der Waals surface area (Å²) in [5.74, 6) is 0. The fourth-order valence-corrected chi connectivity index (χ4v) is 20.1. The number of benzene rings is 15. The topological polar surface area (TPSA) is 67.3 Å². The summed E-state index contributed by atoms with van der Waals surface area (Å²) >= 11 is 3.59. The van der Waals surface area contributed by atoms with Gasteiger partial charge < -0.3 is 18.3 Å². The van der Waals surface area contributed by atoms with E-state index in [2.05, 4.69) is 322 Å². The van der Waals surface area contributed by atoms with Crippen molar-refractivity contribution in [1.82, 2.24) is 18.3 Å². The lowest BCUT2D eigenvalue weighted by Gasteiger charge is -2.28. The summed E-state index contributed by atoms with van der Waals surface area (Å²) in [6.07, 6.45) is 3.86. The third-order valence-corrected chi connectivity index (χ3v) is 24.1. The minimum atomic E-state index is 0.426. The van der Waals surface area contributed by atoms with Crippen molar-refractivity contribution in [1.29, 1.82) is 10.5 Å². The lowest BCUT2D eigenvalue weighted by atomic mass is 9.87. The number of rotatable bonds is 6. The van der Waals surface area contributed by atoms with E-state index in [0.717, 1.165) is 147 Å². The van der Waals surface area contributed by atoms with Crippen LogP contribution in [0.15, 0.2) is 291 Å². The molecule has 0 atom stereocenters. The summed E-state index contributed by atoms with van der Waals surface area (Å²) < 4.78 is 14.2. The first-order valence-electron chi connectivity index (χ1n) is 34.1. The second-order valence-electron chi connectivity index (χ2n) is 26.6. The van der Waals surface area contributed by atoms with Crippen LogP contribution in [0.4, 0.5) is 0 Å². The summed E-state index contributed by atoms with van der Waals surface area (Å²) in [6.45, 7) is 0. The van der Waals surface area contributed by atoms with Gasteiger partial charge in [0.25, 0.3) is 0 Å². The molecule has 6 aromatic heterocycles. The largest absolute Gasteiger partial charge is 0.308 e. The van der Waals surface area contributed by atoms with Crippen molar-refractivity contribution >= 4 is 177 Å². The van der Waals surface area contributed by atoms with Crippen molar-refractivity contribution in [3.05, 3.63) is 319 Å². The Bertz CT molecular complexity index is 7270. The minimum Gasteiger partial charge on any atom is -0.308 e. The lowest BCUT2D eigenvalue weighted by molar-refractivity contribution is 0.876. The monoisotopic (exact) mass is 1300 g/mol. The Morgan fingerprint density at radius 1 is 0.300 bits per heavy atom. The smallest absolute Gasteiger partial charge is 0.104 e. The lowest BCUT2D eigenvalue weighted by Crippen LogP contribution is -2.18. The maximum atomic E-state index is 13.6. The van der Waals surface area contributed by atoms with E-state index in [1.807, 2.05) is 0 Å². The number of nitrogens with zero attached hydrogens (tertiary/aromatic N) is 6. The molecule has 462 valence electrons. The van der Waals surface area contributed by atoms with Crippen LogP contribution < -0.4 is 0 Å². The van der Waals surface area contributed by atoms with Gasteiger partial charge >= 0.3 is 0 Å². The molecule has 0 amide bonds. The van der Waals surface area contributed by atoms with E-state index in [-0.39, 0.29) is 0 Å². The number of thiophene rings is 2. The highest BCUT2D eigenvalue weighted by atomic mass is 32.1. The standard InChI is InChI=1S/C92H52N6S2/c93-51-74-86(96-78-38-15-9-30-63(78)64-31-10-16-39-79(64)96)88(98-81-50-55(73-49-54-22-2-4-25-57(54)58-26-5-6-27-60(58)73)43-44-65(81)69-45-46-70-66-32-11-17-41-82(66)99-91(70)89(69)98)75(52-94)85(95-76-36-13-7-28-61(76)62-29-8-14-37-77(62)95)87(74)97-80-40-20-35-68(59-34-19-23-53-21-1-3-24-56(53)59)84(80)72-48-47-71-67-33-12-18-42-83(67)100-92(71)90(72)97/h1-19,21-39,41-50H,20,40H2. The van der Waals surface area contributed by atoms with Crippen LogP contribution in [-0.2, 0) is 6.42 Å². The van der Waals surface area contributed by atoms with E-state index < -0.39 is 0 Å². The van der Waals surface area contributed by atoms with Crippen molar-refractivity contribution in [2.45, 2.75) is 12.8 Å². The number of hydrogen-bond acceptors (Lipinski definition) is 4. The Morgan fingerprint density at radius 2 is 0.730 bits per heavy atom. The summed E-state index contributed by atoms with van der Waals surface area (Å²) in [6, 6.07) is 110. The van der Waals surface area contributed by atoms with Crippen LogP contribution in [0.1, 0.15) is 34.4 Å². The summed E-state index contributed by atoms with van der Waals surface area (Å²) in [5.41, 5.74) is 16.7. The van der Waals surface area contributed by atoms with Crippen molar-refractivity contribution in [3.8, 4) is 46.0 Å². The van der Waals surface area contributed by atoms with Gasteiger partial charge in [-0.2, -0.15) is 10.5 Å². The zero-order valence-electron chi connectivity index (χ0n) is 53.6. The van der Waals surface area contributed by atoms with Gasteiger partial charge in [0.2, 0.25) is 0 Å². The second-order valence-corrected chi connectivity index (χ2v) is 28.7. The van der Waals surface area contributed by atoms with E-state index >= 15 is 0 Å². The maximum Gasteiger partial charge on any atom is 0.104 e. The summed E-state index contributed by atoms with van der Waals surface area (Å²) in [5, 5.41) is 46.2. The number of allylic oxidation sites excluding steroid dienone is 1. The minimum absolute atomic E-state index is 0.426. The maximum absolute atomic E-state index is 13.6. The van der Waals surface area contributed by atoms with Gasteiger partial charge in [-0.05, 0) is 116 Å². The van der Waals surface area contributed by atoms with Gasteiger partial charge in [-0.1, -0.05) is 243 Å². The first kappa shape index (κ1) is 55.3. The van der Waals surface area contributed by atoms with Gasteiger partial charge in [-0.3, -0.25) is 0 Å². The fourth-order valence-electron chi connectivity index (χ4n) is 17.6. The Labute approximate surface area is 580 Å². The van der Waals surface area contributed by atoms with E-state index in [1.54, 1.807) is 22.7 Å². The molecule has 0 spiro atoms. The molecule has 22 rings (SSSR count). The number of hydrogen-bond donors (Lipinski definition) is 0. The number of nitriles is 2. The molecule has 0 unspecified atom stereocenters. The Morgan fingerprint density at radius 3 is 1.32 bits per heavy atom. The fraction of sp³-hybridized carbons (Fsp3) is 0.0217. The first-order chi connectivity index (χ1) is 49.6. The molecule has 1 aliphatic carbocycles. The molecule has 6 nitrogen and oxygen atoms in total. The predicted molar refractivity (Wildman–Crippen MR) is 421 cm³/mol. The van der Waals surface area contributed by atoms with Gasteiger partial charge in [0, 0.05) is 79.9 Å². The molecule has 15 aromatic carbocycles. The highest BCUT2D eigenvalue weighted by molar-refractivity contribution is 7.27. The Balaban J connectivity index is 1.01. The molecular weight excluding hydrogens is 1250 g/mol. The molecule has 0 bridgehead atoms. The number of para-hydroxylation sites is 4. The van der Waals surface area contributed by atoms with Gasteiger partial charge in [0.1, 0.15) is 23.3 Å². The van der Waals surface area contributed by atoms with Crippen molar-refractivity contribution in [2.24, 2.45) is 0 Å². The van der Waals surface area contributed by atoms with E-state index in [9.17, 15) is 10.5 Å². The van der Waals surface area contributed by atoms with Crippen molar-refractivity contribution in [2.75, 3.05) is 0 Å². The van der Waals surface area contributed by atoms with E-state index in [0.29, 0.717) is 40.3 Å². The molecule has 0 radical (unpaired) electrons. The van der Waals surface area contributed by atoms with E-state index in [1.165, 1.54) is 41.7 Å². The molecule has 6 heterocycles. The van der Waals surface area contributed by atoms with Crippen LogP contribution in [0.2, 0.25) is 0 Å². The number of aromatic nitrogens is 4. The molecule has 0 aliphatic heterocycles. The van der Waals surface area contributed by atoms with Crippen LogP contribution in [0.25, 0.3) is 188 Å². The van der Waals surface area contributed by atoms with Crippen LogP contribution in [-0.4, -0.2) is 18.3 Å². The van der Waals surface area contributed by atoms with Crippen molar-refractivity contribution < 1.29 is 0 Å². The van der Waals surface area contributed by atoms with Crippen molar-refractivity contribution in [3.63, 3.8) is 0 Å². The van der Waals surface area contributed by atoms with E-state index in [4.69, 9.17) is 0 Å². The van der Waals surface area contributed by atoms with Gasteiger partial charge in [0.05, 0.1) is 70.8 Å². The molecule has 0 N–H and O–H groups in total. The number of fused-ring (bicyclic) bond motifs is 24. The SMILES string of the molecule is N#Cc1c(-n2c3c(c4ccc5c6ccccc6sc5c42)C(c2cccc4ccccc24)=CCC3)c(-n2c3ccccc3c3ccccc32)c(C#N)c(-n2c3cc(-c4cc5ccccc5c5ccccc45)ccc3c3ccc4c5ccccc5sc4c32)c1-n1c2ccccc2c2ccccc21. The highest BCUT2D eigenvalue weighted by Crippen LogP contribution is 2.54. The second kappa shape index (κ2) is 20.8. The van der Waals surface area contributed by atoms with Gasteiger partial charge in [-0.25, -0.2) is 0 Å². The molecule has 100 heavy (non-hydrogen) atoms. The molecule has 21 aromatic rings. The molecule has 0 saturated heterocycles. The molecular formula is C92H52N6S2. The van der Waals surface area contributed by atoms with Gasteiger partial charge in [0.15, 0.2) is 0 Å². The normalized spacial score (nSPS) is 12.8. The predicted octanol–water partition coefficient (Wildman–Crippen LogP) is 24.9. The van der Waals surface area contributed by atoms with Crippen LogP contribution in [0.5, 0.6) is 0 Å². The van der Waals surface area contributed by atoms with Gasteiger partial charge in [-0.15, -0.1) is 22.7 Å². The average Bonchev–Trinajstić information content (AvgIpc) is 1.49. The Hall–Kier alpha value is -12.8. The van der Waals surface area contributed by atoms with Crippen LogP contribution in [0, 0.1) is 22.7 Å². The quantitative estimate of drug-likeness (QED) is 0.156. The molecule has 0 saturated carbocycles.